The van der Waals surface area contributed by atoms with Gasteiger partial charge in [0.25, 0.3) is 0 Å². The van der Waals surface area contributed by atoms with E-state index in [1.807, 2.05) is 24.5 Å². The van der Waals surface area contributed by atoms with Crippen LogP contribution >= 0.6 is 0 Å². The van der Waals surface area contributed by atoms with E-state index >= 15 is 0 Å². The number of H-pyrrole nitrogens is 1. The predicted molar refractivity (Wildman–Crippen MR) is 91.1 cm³/mol. The maximum Gasteiger partial charge on any atom is 0.199 e. The van der Waals surface area contributed by atoms with Gasteiger partial charge in [0.05, 0.1) is 18.3 Å². The van der Waals surface area contributed by atoms with E-state index in [1.54, 1.807) is 0 Å². The second-order valence-corrected chi connectivity index (χ2v) is 6.24. The second-order valence-electron chi connectivity index (χ2n) is 6.24. The number of pyridine rings is 1. The zero-order valence-corrected chi connectivity index (χ0v) is 13.3. The lowest BCUT2D eigenvalue weighted by atomic mass is 9.92. The van der Waals surface area contributed by atoms with Gasteiger partial charge in [-0.25, -0.2) is 4.98 Å². The fourth-order valence-electron chi connectivity index (χ4n) is 3.28. The van der Waals surface area contributed by atoms with Gasteiger partial charge in [-0.2, -0.15) is 5.10 Å². The van der Waals surface area contributed by atoms with Crippen molar-refractivity contribution >= 4 is 11.9 Å². The molecule has 0 atom stereocenters. The van der Waals surface area contributed by atoms with E-state index < -0.39 is 0 Å². The summed E-state index contributed by atoms with van der Waals surface area (Å²) in [6.45, 7) is 0.826. The Kier molecular flexibility index (Phi) is 4.08. The molecule has 0 aromatic carbocycles. The molecule has 1 saturated carbocycles. The van der Waals surface area contributed by atoms with Gasteiger partial charge in [0.15, 0.2) is 5.82 Å². The minimum absolute atomic E-state index is 0.129. The predicted octanol–water partition coefficient (Wildman–Crippen LogP) is 1.85. The molecule has 0 radical (unpaired) electrons. The molecule has 124 valence electrons. The Morgan fingerprint density at radius 1 is 1.12 bits per heavy atom. The van der Waals surface area contributed by atoms with Gasteiger partial charge in [0.1, 0.15) is 12.0 Å². The van der Waals surface area contributed by atoms with E-state index in [1.165, 1.54) is 6.33 Å². The maximum atomic E-state index is 9.68. The van der Waals surface area contributed by atoms with Crippen molar-refractivity contribution in [2.45, 2.75) is 37.8 Å². The van der Waals surface area contributed by atoms with Gasteiger partial charge in [-0.05, 0) is 37.8 Å². The van der Waals surface area contributed by atoms with Crippen molar-refractivity contribution in [1.29, 1.82) is 0 Å². The number of aliphatic hydroxyl groups excluding tert-OH is 1. The molecule has 7 heteroatoms. The number of hydrogen-bond acceptors (Lipinski definition) is 6. The SMILES string of the molecule is O[C@H]1CC[C@H](N2C=C(c3ccc(-c4nc[nH]n4)nc3)N=CC2)CC1. The number of aromatic nitrogens is 4. The molecule has 1 fully saturated rings. The smallest absolute Gasteiger partial charge is 0.199 e. The molecule has 3 heterocycles. The zero-order chi connectivity index (χ0) is 16.4. The molecule has 1 aliphatic carbocycles. The Morgan fingerprint density at radius 3 is 2.71 bits per heavy atom. The lowest BCUT2D eigenvalue weighted by Crippen LogP contribution is -2.37. The first-order valence-corrected chi connectivity index (χ1v) is 8.30. The summed E-state index contributed by atoms with van der Waals surface area (Å²) in [7, 11) is 0. The standard InChI is InChI=1S/C17H20N6O/c24-14-4-2-13(3-5-14)23-8-7-18-16(10-23)12-1-6-15(19-9-12)17-20-11-21-22-17/h1,6-7,9-11,13-14,24H,2-5,8H2,(H,20,21,22)/t13-,14-. The monoisotopic (exact) mass is 324 g/mol. The first-order valence-electron chi connectivity index (χ1n) is 8.30. The number of nitrogens with one attached hydrogen (secondary N) is 1. The van der Waals surface area contributed by atoms with Gasteiger partial charge in [0.2, 0.25) is 0 Å². The summed E-state index contributed by atoms with van der Waals surface area (Å²) >= 11 is 0. The average molecular weight is 324 g/mol. The van der Waals surface area contributed by atoms with Crippen LogP contribution in [0.25, 0.3) is 17.2 Å². The molecule has 24 heavy (non-hydrogen) atoms. The lowest BCUT2D eigenvalue weighted by molar-refractivity contribution is 0.0952. The first-order chi connectivity index (χ1) is 11.8. The normalized spacial score (nSPS) is 24.0. The number of aromatic amines is 1. The fourth-order valence-corrected chi connectivity index (χ4v) is 3.28. The molecule has 1 aliphatic heterocycles. The number of nitrogens with zero attached hydrogens (tertiary/aromatic N) is 5. The minimum atomic E-state index is -0.129. The van der Waals surface area contributed by atoms with Gasteiger partial charge in [-0.15, -0.1) is 0 Å². The summed E-state index contributed by atoms with van der Waals surface area (Å²) in [6.07, 6.45) is 11.1. The molecule has 0 saturated heterocycles. The highest BCUT2D eigenvalue weighted by Crippen LogP contribution is 2.27. The Bertz CT molecular complexity index is 729. The third-order valence-corrected chi connectivity index (χ3v) is 4.65. The quantitative estimate of drug-likeness (QED) is 0.899. The van der Waals surface area contributed by atoms with Gasteiger partial charge in [-0.1, -0.05) is 0 Å². The molecular weight excluding hydrogens is 304 g/mol. The van der Waals surface area contributed by atoms with E-state index in [0.29, 0.717) is 11.9 Å². The lowest BCUT2D eigenvalue weighted by Gasteiger charge is -2.35. The van der Waals surface area contributed by atoms with Crippen LogP contribution in [0.15, 0.2) is 35.8 Å². The van der Waals surface area contributed by atoms with Gasteiger partial charge in [-0.3, -0.25) is 15.1 Å². The van der Waals surface area contributed by atoms with Crippen molar-refractivity contribution < 1.29 is 5.11 Å². The van der Waals surface area contributed by atoms with Crippen LogP contribution in [-0.2, 0) is 0 Å². The van der Waals surface area contributed by atoms with Crippen LogP contribution in [0.4, 0.5) is 0 Å². The molecule has 2 N–H and O–H groups in total. The topological polar surface area (TPSA) is 90.3 Å². The summed E-state index contributed by atoms with van der Waals surface area (Å²) in [5.74, 6) is 0.588. The van der Waals surface area contributed by atoms with Crippen LogP contribution in [0.3, 0.4) is 0 Å². The molecule has 4 rings (SSSR count). The molecular formula is C17H20N6O. The van der Waals surface area contributed by atoms with Crippen LogP contribution in [-0.4, -0.2) is 55.1 Å². The summed E-state index contributed by atoms with van der Waals surface area (Å²) < 4.78 is 0. The molecule has 2 aromatic heterocycles. The summed E-state index contributed by atoms with van der Waals surface area (Å²) in [4.78, 5) is 15.4. The summed E-state index contributed by atoms with van der Waals surface area (Å²) in [5.41, 5.74) is 2.63. The third kappa shape index (κ3) is 3.07. The highest BCUT2D eigenvalue weighted by molar-refractivity contribution is 5.77. The van der Waals surface area contributed by atoms with Gasteiger partial charge >= 0.3 is 0 Å². The maximum absolute atomic E-state index is 9.68. The van der Waals surface area contributed by atoms with Crippen LogP contribution < -0.4 is 0 Å². The van der Waals surface area contributed by atoms with Crippen molar-refractivity contribution in [3.05, 3.63) is 36.4 Å². The second kappa shape index (κ2) is 6.52. The molecule has 0 unspecified atom stereocenters. The summed E-state index contributed by atoms with van der Waals surface area (Å²) in [5, 5.41) is 16.4. The Morgan fingerprint density at radius 2 is 2.00 bits per heavy atom. The molecule has 0 spiro atoms. The number of aliphatic imine (C=N–C) groups is 1. The highest BCUT2D eigenvalue weighted by atomic mass is 16.3. The van der Waals surface area contributed by atoms with E-state index in [-0.39, 0.29) is 6.10 Å². The Labute approximate surface area is 140 Å². The van der Waals surface area contributed by atoms with Gasteiger partial charge in [0, 0.05) is 30.2 Å². The highest BCUT2D eigenvalue weighted by Gasteiger charge is 2.24. The molecule has 7 nitrogen and oxygen atoms in total. The molecule has 2 aliphatic rings. The van der Waals surface area contributed by atoms with Crippen molar-refractivity contribution in [2.24, 2.45) is 4.99 Å². The molecule has 0 bridgehead atoms. The van der Waals surface area contributed by atoms with Crippen molar-refractivity contribution in [1.82, 2.24) is 25.1 Å². The van der Waals surface area contributed by atoms with E-state index in [0.717, 1.165) is 49.2 Å². The molecule has 2 aromatic rings. The van der Waals surface area contributed by atoms with Crippen LogP contribution in [0, 0.1) is 0 Å². The van der Waals surface area contributed by atoms with Crippen LogP contribution in [0.5, 0.6) is 0 Å². The van der Waals surface area contributed by atoms with Crippen LogP contribution in [0.2, 0.25) is 0 Å². The Balaban J connectivity index is 1.51. The first kappa shape index (κ1) is 15.0. The number of rotatable bonds is 3. The van der Waals surface area contributed by atoms with Crippen LogP contribution in [0.1, 0.15) is 31.2 Å². The zero-order valence-electron chi connectivity index (χ0n) is 13.3. The third-order valence-electron chi connectivity index (χ3n) is 4.65. The van der Waals surface area contributed by atoms with Crippen molar-refractivity contribution in [2.75, 3.05) is 6.54 Å². The largest absolute Gasteiger partial charge is 0.393 e. The van der Waals surface area contributed by atoms with E-state index in [9.17, 15) is 5.11 Å². The van der Waals surface area contributed by atoms with Gasteiger partial charge < -0.3 is 10.0 Å². The average Bonchev–Trinajstić information content (AvgIpc) is 3.17. The number of hydrogen-bond donors (Lipinski definition) is 2. The van der Waals surface area contributed by atoms with E-state index in [2.05, 4.69) is 36.3 Å². The minimum Gasteiger partial charge on any atom is -0.393 e. The van der Waals surface area contributed by atoms with Crippen molar-refractivity contribution in [3.8, 4) is 11.5 Å². The Hall–Kier alpha value is -2.54. The van der Waals surface area contributed by atoms with Crippen molar-refractivity contribution in [3.63, 3.8) is 0 Å². The summed E-state index contributed by atoms with van der Waals surface area (Å²) in [6, 6.07) is 4.39. The van der Waals surface area contributed by atoms with E-state index in [4.69, 9.17) is 0 Å². The fraction of sp³-hybridized carbons (Fsp3) is 0.412. The number of aliphatic hydroxyl groups is 1. The molecule has 0 amide bonds.